The Morgan fingerprint density at radius 1 is 1.28 bits per heavy atom. The van der Waals surface area contributed by atoms with Crippen LogP contribution < -0.4 is 16.3 Å². The molecule has 2 aromatic rings. The van der Waals surface area contributed by atoms with E-state index in [1.807, 2.05) is 0 Å². The number of rotatable bonds is 13. The molecule has 0 aliphatic carbocycles. The van der Waals surface area contributed by atoms with Gasteiger partial charge >= 0.3 is 11.7 Å². The van der Waals surface area contributed by atoms with Gasteiger partial charge in [-0.05, 0) is 50.2 Å². The predicted molar refractivity (Wildman–Crippen MR) is 136 cm³/mol. The molecule has 1 aromatic carbocycles. The van der Waals surface area contributed by atoms with E-state index in [0.29, 0.717) is 11.1 Å². The maximum atomic E-state index is 12.6. The molecule has 0 bridgehead atoms. The van der Waals surface area contributed by atoms with Crippen LogP contribution >= 0.6 is 12.0 Å². The van der Waals surface area contributed by atoms with Crippen LogP contribution in [0.4, 0.5) is 5.82 Å². The molecule has 0 unspecified atom stereocenters. The largest absolute Gasteiger partial charge is 0.461 e. The number of nitrogens with zero attached hydrogens (tertiary/aromatic N) is 2. The molecule has 0 saturated carbocycles. The lowest BCUT2D eigenvalue weighted by atomic mass is 10.1. The highest BCUT2D eigenvalue weighted by Crippen LogP contribution is 2.21. The Morgan fingerprint density at radius 2 is 2.08 bits per heavy atom. The van der Waals surface area contributed by atoms with Gasteiger partial charge in [-0.25, -0.2) is 4.79 Å². The number of hydrogen-bond donors (Lipinski definition) is 2. The monoisotopic (exact) mass is 517 g/mol. The fourth-order valence-electron chi connectivity index (χ4n) is 3.10. The molecular formula is C23H27BN4O7S. The van der Waals surface area contributed by atoms with Crippen LogP contribution in [0, 0.1) is 0 Å². The molecule has 1 aromatic heterocycles. The van der Waals surface area contributed by atoms with Gasteiger partial charge in [0.25, 0.3) is 5.91 Å². The quantitative estimate of drug-likeness (QED) is 0.130. The second kappa shape index (κ2) is 13.6. The lowest BCUT2D eigenvalue weighted by molar-refractivity contribution is -0.146. The number of carbonyl (C=O) groups excluding carboxylic acids is 3. The molecule has 0 radical (unpaired) electrons. The van der Waals surface area contributed by atoms with Crippen molar-refractivity contribution in [3.8, 4) is 0 Å². The third-order valence-electron chi connectivity index (χ3n) is 4.99. The zero-order chi connectivity index (χ0) is 27.5. The van der Waals surface area contributed by atoms with Gasteiger partial charge in [-0.2, -0.15) is 4.98 Å². The van der Waals surface area contributed by atoms with E-state index in [-0.39, 0.29) is 49.5 Å². The summed E-state index contributed by atoms with van der Waals surface area (Å²) in [6.07, 6.45) is 3.87. The second-order valence-corrected chi connectivity index (χ2v) is 8.31. The Morgan fingerprint density at radius 3 is 2.81 bits per heavy atom. The van der Waals surface area contributed by atoms with Crippen LogP contribution in [0.5, 0.6) is 0 Å². The highest BCUT2D eigenvalue weighted by Gasteiger charge is 2.22. The number of ether oxygens (including phenoxy) is 2. The number of esters is 1. The van der Waals surface area contributed by atoms with E-state index < -0.39 is 31.6 Å². The molecule has 11 nitrogen and oxygen atoms in total. The number of aromatic nitrogens is 2. The van der Waals surface area contributed by atoms with Crippen molar-refractivity contribution >= 4 is 43.4 Å². The number of hydrogen-bond acceptors (Lipinski definition) is 9. The predicted octanol–water partition coefficient (Wildman–Crippen LogP) is 0.774. The maximum Gasteiger partial charge on any atom is 0.351 e. The van der Waals surface area contributed by atoms with Crippen LogP contribution in [0.1, 0.15) is 35.0 Å². The Bertz CT molecular complexity index is 1210. The maximum absolute atomic E-state index is 12.6. The molecular weight excluding hydrogens is 487 g/mol. The molecule has 190 valence electrons. The van der Waals surface area contributed by atoms with E-state index >= 15 is 0 Å². The fourth-order valence-corrected chi connectivity index (χ4v) is 3.43. The van der Waals surface area contributed by atoms with Gasteiger partial charge < -0.3 is 24.3 Å². The van der Waals surface area contributed by atoms with Gasteiger partial charge in [-0.15, -0.1) is 0 Å². The zero-order valence-electron chi connectivity index (χ0n) is 21.5. The van der Waals surface area contributed by atoms with Crippen LogP contribution in [0.2, 0.25) is 0 Å². The second-order valence-electron chi connectivity index (χ2n) is 7.51. The molecule has 2 atom stereocenters. The van der Waals surface area contributed by atoms with Crippen molar-refractivity contribution in [2.75, 3.05) is 24.6 Å². The summed E-state index contributed by atoms with van der Waals surface area (Å²) in [6.45, 7) is 0.216. The summed E-state index contributed by atoms with van der Waals surface area (Å²) in [5.74, 6) is -1.15. The summed E-state index contributed by atoms with van der Waals surface area (Å²) in [7, 11) is 0.519. The van der Waals surface area contributed by atoms with Crippen molar-refractivity contribution in [2.24, 2.45) is 0 Å². The first-order valence-electron chi connectivity index (χ1n) is 12.2. The van der Waals surface area contributed by atoms with Crippen molar-refractivity contribution in [1.29, 1.82) is 2.67 Å². The first-order chi connectivity index (χ1) is 18.2. The number of nitrogens with one attached hydrogen (secondary N) is 2. The number of carbonyl (C=O) groups is 3. The standard InChI is InChI=1S/C23H27BN4O7S/c1-25-19(29)7-9-21(30)33-12-15-2-4-16(5-3-15)22(31)26-18-10-11-28(23(32)27-18)20-8-6-17(35-20)13-34-36-14-24/h2-6,8,10-11,17,20H,7,9,12-14,24H2,1H3,(H,25,29)(H,26,27,31,32)/t17-,20+/m0/s1/i24TD. The summed E-state index contributed by atoms with van der Waals surface area (Å²) in [5.41, 5.74) is 0.584. The van der Waals surface area contributed by atoms with Crippen molar-refractivity contribution < 1.29 is 28.0 Å². The lowest BCUT2D eigenvalue weighted by Gasteiger charge is -2.16. The van der Waals surface area contributed by atoms with E-state index in [2.05, 4.69) is 15.6 Å². The number of benzene rings is 1. The molecule has 1 aliphatic heterocycles. The lowest BCUT2D eigenvalue weighted by Crippen LogP contribution is -2.29. The summed E-state index contributed by atoms with van der Waals surface area (Å²) in [6, 6.07) is 7.84. The molecule has 13 heteroatoms. The highest BCUT2D eigenvalue weighted by atomic mass is 32.2. The van der Waals surface area contributed by atoms with Crippen molar-refractivity contribution in [1.82, 2.24) is 14.9 Å². The summed E-state index contributed by atoms with van der Waals surface area (Å²) in [4.78, 5) is 51.9. The van der Waals surface area contributed by atoms with Crippen LogP contribution in [0.25, 0.3) is 0 Å². The van der Waals surface area contributed by atoms with Crippen LogP contribution in [-0.4, -0.2) is 63.2 Å². The van der Waals surface area contributed by atoms with E-state index in [9.17, 15) is 19.2 Å². The first-order valence-corrected chi connectivity index (χ1v) is 11.9. The number of anilines is 1. The van der Waals surface area contributed by atoms with E-state index in [4.69, 9.17) is 16.3 Å². The molecule has 2 heterocycles. The van der Waals surface area contributed by atoms with Crippen LogP contribution in [-0.2, 0) is 29.9 Å². The molecule has 0 saturated heterocycles. The fraction of sp³-hybridized carbons (Fsp3) is 0.348. The van der Waals surface area contributed by atoms with Gasteiger partial charge in [0.1, 0.15) is 26.3 Å². The smallest absolute Gasteiger partial charge is 0.351 e. The topological polar surface area (TPSA) is 138 Å². The van der Waals surface area contributed by atoms with Gasteiger partial charge in [-0.1, -0.05) is 18.2 Å². The Balaban J connectivity index is 1.47. The van der Waals surface area contributed by atoms with Crippen molar-refractivity contribution in [3.05, 3.63) is 70.3 Å². The van der Waals surface area contributed by atoms with Gasteiger partial charge in [0, 0.05) is 25.2 Å². The van der Waals surface area contributed by atoms with Crippen molar-refractivity contribution in [3.63, 3.8) is 0 Å². The average Bonchev–Trinajstić information content (AvgIpc) is 3.37. The minimum Gasteiger partial charge on any atom is -0.461 e. The third kappa shape index (κ3) is 8.07. The van der Waals surface area contributed by atoms with E-state index in [0.717, 1.165) is 12.0 Å². The van der Waals surface area contributed by atoms with E-state index in [1.165, 1.54) is 23.9 Å². The zero-order valence-corrected chi connectivity index (χ0v) is 20.4. The molecule has 0 spiro atoms. The van der Waals surface area contributed by atoms with Crippen LogP contribution in [0.3, 0.4) is 0 Å². The summed E-state index contributed by atoms with van der Waals surface area (Å²) >= 11 is 1.02. The Kier molecular flexibility index (Phi) is 9.18. The highest BCUT2D eigenvalue weighted by molar-refractivity contribution is 7.95. The van der Waals surface area contributed by atoms with Crippen molar-refractivity contribution in [2.45, 2.75) is 31.8 Å². The number of amides is 2. The van der Waals surface area contributed by atoms with E-state index in [1.54, 1.807) is 36.4 Å². The molecule has 3 rings (SSSR count). The minimum absolute atomic E-state index is 0.00852. The molecule has 36 heavy (non-hydrogen) atoms. The SMILES string of the molecule is [2H]B([3H])CSOC[C@@H]1C=C[C@H](n2ccc(NC(=O)c3ccc(COC(=O)CCC(=O)NC)cc3)nc2=O)O1. The van der Waals surface area contributed by atoms with Gasteiger partial charge in [0.05, 0.1) is 13.0 Å². The third-order valence-corrected chi connectivity index (χ3v) is 5.42. The van der Waals surface area contributed by atoms with Gasteiger partial charge in [0.15, 0.2) is 6.23 Å². The molecule has 2 amide bonds. The normalized spacial score (nSPS) is 17.1. The molecule has 0 fully saturated rings. The Labute approximate surface area is 215 Å². The first kappa shape index (κ1) is 24.3. The van der Waals surface area contributed by atoms with Gasteiger partial charge in [-0.3, -0.25) is 19.0 Å². The molecule has 2 N–H and O–H groups in total. The summed E-state index contributed by atoms with van der Waals surface area (Å²) < 4.78 is 31.7. The minimum atomic E-state index is -0.972. The summed E-state index contributed by atoms with van der Waals surface area (Å²) in [5, 5.41) is 5.00. The molecule has 1 aliphatic rings. The average molecular weight is 517 g/mol. The van der Waals surface area contributed by atoms with Crippen LogP contribution in [0.15, 0.2) is 53.5 Å². The van der Waals surface area contributed by atoms with Gasteiger partial charge in [0.2, 0.25) is 5.91 Å². The Hall–Kier alpha value is -3.42.